The molecule has 0 fully saturated rings. The van der Waals surface area contributed by atoms with E-state index in [1.54, 1.807) is 18.2 Å². The van der Waals surface area contributed by atoms with Crippen LogP contribution in [0.25, 0.3) is 11.8 Å². The third-order valence-electron chi connectivity index (χ3n) is 1.88. The Labute approximate surface area is 82.1 Å². The number of aliphatic hydroxyl groups excluding tert-OH is 1. The van der Waals surface area contributed by atoms with Gasteiger partial charge in [-0.25, -0.2) is 0 Å². The van der Waals surface area contributed by atoms with E-state index in [0.717, 1.165) is 5.56 Å². The molecule has 1 N–H and O–H groups in total. The Kier molecular flexibility index (Phi) is 2.36. The first-order valence-electron chi connectivity index (χ1n) is 4.36. The van der Waals surface area contributed by atoms with Crippen molar-refractivity contribution in [2.45, 2.75) is 0 Å². The molecule has 0 aliphatic carbocycles. The number of rotatable bonds is 2. The lowest BCUT2D eigenvalue weighted by molar-refractivity contribution is 0.462. The molecule has 0 atom stereocenters. The van der Waals surface area contributed by atoms with Crippen molar-refractivity contribution in [3.05, 3.63) is 60.1 Å². The summed E-state index contributed by atoms with van der Waals surface area (Å²) in [5.74, 6) is 0.620. The van der Waals surface area contributed by atoms with Crippen LogP contribution in [0.5, 0.6) is 0 Å². The van der Waals surface area contributed by atoms with Gasteiger partial charge in [0, 0.05) is 0 Å². The van der Waals surface area contributed by atoms with E-state index in [-0.39, 0.29) is 5.76 Å². The standard InChI is InChI=1S/C12H10O2/c13-11(12-7-4-8-14-12)9-10-5-2-1-3-6-10/h1-9,13H/b11-9+. The van der Waals surface area contributed by atoms with Gasteiger partial charge in [0.05, 0.1) is 6.26 Å². The van der Waals surface area contributed by atoms with Crippen molar-refractivity contribution < 1.29 is 9.52 Å². The Morgan fingerprint density at radius 2 is 1.86 bits per heavy atom. The van der Waals surface area contributed by atoms with Crippen molar-refractivity contribution in [3.63, 3.8) is 0 Å². The summed E-state index contributed by atoms with van der Waals surface area (Å²) in [4.78, 5) is 0. The third kappa shape index (κ3) is 1.85. The maximum absolute atomic E-state index is 9.63. The molecule has 2 heteroatoms. The van der Waals surface area contributed by atoms with Crippen LogP contribution in [-0.4, -0.2) is 5.11 Å². The Bertz CT molecular complexity index is 413. The van der Waals surface area contributed by atoms with E-state index < -0.39 is 0 Å². The number of benzene rings is 1. The first-order valence-corrected chi connectivity index (χ1v) is 4.36. The topological polar surface area (TPSA) is 33.4 Å². The lowest BCUT2D eigenvalue weighted by Gasteiger charge is -1.95. The zero-order valence-electron chi connectivity index (χ0n) is 7.55. The van der Waals surface area contributed by atoms with Crippen LogP contribution in [-0.2, 0) is 0 Å². The monoisotopic (exact) mass is 186 g/mol. The van der Waals surface area contributed by atoms with Gasteiger partial charge >= 0.3 is 0 Å². The molecule has 0 saturated heterocycles. The molecular formula is C12H10O2. The summed E-state index contributed by atoms with van der Waals surface area (Å²) in [7, 11) is 0. The van der Waals surface area contributed by atoms with Crippen molar-refractivity contribution in [2.24, 2.45) is 0 Å². The number of hydrogen-bond donors (Lipinski definition) is 1. The van der Waals surface area contributed by atoms with Gasteiger partial charge < -0.3 is 9.52 Å². The molecule has 1 aromatic carbocycles. The average molecular weight is 186 g/mol. The summed E-state index contributed by atoms with van der Waals surface area (Å²) in [6.45, 7) is 0. The van der Waals surface area contributed by atoms with Gasteiger partial charge in [-0.2, -0.15) is 0 Å². The molecule has 0 amide bonds. The van der Waals surface area contributed by atoms with E-state index in [9.17, 15) is 5.11 Å². The molecule has 0 aliphatic heterocycles. The Balaban J connectivity index is 2.28. The fourth-order valence-corrected chi connectivity index (χ4v) is 1.20. The minimum Gasteiger partial charge on any atom is -0.504 e. The van der Waals surface area contributed by atoms with Crippen molar-refractivity contribution in [1.82, 2.24) is 0 Å². The lowest BCUT2D eigenvalue weighted by atomic mass is 10.2. The predicted molar refractivity (Wildman–Crippen MR) is 55.6 cm³/mol. The summed E-state index contributed by atoms with van der Waals surface area (Å²) in [6, 6.07) is 13.1. The molecule has 2 aromatic rings. The molecule has 70 valence electrons. The fraction of sp³-hybridized carbons (Fsp3) is 0. The molecule has 0 bridgehead atoms. The molecular weight excluding hydrogens is 176 g/mol. The summed E-state index contributed by atoms with van der Waals surface area (Å²) in [6.07, 6.45) is 3.20. The second-order valence-corrected chi connectivity index (χ2v) is 2.92. The van der Waals surface area contributed by atoms with Gasteiger partial charge in [-0.05, 0) is 23.8 Å². The van der Waals surface area contributed by atoms with E-state index >= 15 is 0 Å². The highest BCUT2D eigenvalue weighted by Crippen LogP contribution is 2.15. The van der Waals surface area contributed by atoms with Crippen LogP contribution in [0, 0.1) is 0 Å². The highest BCUT2D eigenvalue weighted by molar-refractivity contribution is 5.73. The number of furan rings is 1. The van der Waals surface area contributed by atoms with E-state index in [4.69, 9.17) is 4.42 Å². The average Bonchev–Trinajstić information content (AvgIpc) is 2.72. The molecule has 14 heavy (non-hydrogen) atoms. The fourth-order valence-electron chi connectivity index (χ4n) is 1.20. The Hall–Kier alpha value is -1.96. The molecule has 0 saturated carbocycles. The van der Waals surface area contributed by atoms with Crippen molar-refractivity contribution >= 4 is 11.8 Å². The Morgan fingerprint density at radius 1 is 1.07 bits per heavy atom. The second-order valence-electron chi connectivity index (χ2n) is 2.92. The van der Waals surface area contributed by atoms with Crippen molar-refractivity contribution in [1.29, 1.82) is 0 Å². The van der Waals surface area contributed by atoms with Crippen LogP contribution in [0.2, 0.25) is 0 Å². The summed E-state index contributed by atoms with van der Waals surface area (Å²) >= 11 is 0. The van der Waals surface area contributed by atoms with E-state index in [0.29, 0.717) is 5.76 Å². The molecule has 0 unspecified atom stereocenters. The minimum absolute atomic E-state index is 0.140. The van der Waals surface area contributed by atoms with Crippen LogP contribution in [0.1, 0.15) is 11.3 Å². The zero-order chi connectivity index (χ0) is 9.80. The van der Waals surface area contributed by atoms with Crippen LogP contribution in [0.3, 0.4) is 0 Å². The van der Waals surface area contributed by atoms with Gasteiger partial charge in [0.25, 0.3) is 0 Å². The minimum atomic E-state index is 0.140. The van der Waals surface area contributed by atoms with Gasteiger partial charge in [0.1, 0.15) is 0 Å². The maximum atomic E-state index is 9.63. The predicted octanol–water partition coefficient (Wildman–Crippen LogP) is 3.34. The largest absolute Gasteiger partial charge is 0.504 e. The first kappa shape index (κ1) is 8.63. The summed E-state index contributed by atoms with van der Waals surface area (Å²) in [5, 5.41) is 9.63. The van der Waals surface area contributed by atoms with E-state index in [1.807, 2.05) is 30.3 Å². The molecule has 1 heterocycles. The van der Waals surface area contributed by atoms with Gasteiger partial charge in [0.2, 0.25) is 0 Å². The van der Waals surface area contributed by atoms with Gasteiger partial charge in [-0.15, -0.1) is 0 Å². The van der Waals surface area contributed by atoms with Crippen LogP contribution < -0.4 is 0 Å². The van der Waals surface area contributed by atoms with E-state index in [2.05, 4.69) is 0 Å². The molecule has 0 radical (unpaired) electrons. The quantitative estimate of drug-likeness (QED) is 0.730. The third-order valence-corrected chi connectivity index (χ3v) is 1.88. The Morgan fingerprint density at radius 3 is 2.50 bits per heavy atom. The van der Waals surface area contributed by atoms with Gasteiger partial charge in [-0.3, -0.25) is 0 Å². The SMILES string of the molecule is O/C(=C/c1ccccc1)c1ccco1. The van der Waals surface area contributed by atoms with Crippen molar-refractivity contribution in [3.8, 4) is 0 Å². The molecule has 2 nitrogen and oxygen atoms in total. The van der Waals surface area contributed by atoms with Crippen LogP contribution in [0.15, 0.2) is 53.1 Å². The number of aliphatic hydroxyl groups is 1. The number of hydrogen-bond acceptors (Lipinski definition) is 2. The molecule has 1 aromatic heterocycles. The smallest absolute Gasteiger partial charge is 0.168 e. The van der Waals surface area contributed by atoms with Crippen LogP contribution >= 0.6 is 0 Å². The first-order chi connectivity index (χ1) is 6.86. The molecule has 0 spiro atoms. The van der Waals surface area contributed by atoms with Gasteiger partial charge in [-0.1, -0.05) is 30.3 Å². The summed E-state index contributed by atoms with van der Waals surface area (Å²) in [5.41, 5.74) is 0.946. The second kappa shape index (κ2) is 3.83. The summed E-state index contributed by atoms with van der Waals surface area (Å²) < 4.78 is 5.05. The normalized spacial score (nSPS) is 11.6. The zero-order valence-corrected chi connectivity index (χ0v) is 7.55. The lowest BCUT2D eigenvalue weighted by Crippen LogP contribution is -1.78. The van der Waals surface area contributed by atoms with Gasteiger partial charge in [0.15, 0.2) is 11.5 Å². The van der Waals surface area contributed by atoms with Crippen molar-refractivity contribution in [2.75, 3.05) is 0 Å². The molecule has 2 rings (SSSR count). The highest BCUT2D eigenvalue weighted by Gasteiger charge is 2.00. The van der Waals surface area contributed by atoms with Crippen LogP contribution in [0.4, 0.5) is 0 Å². The maximum Gasteiger partial charge on any atom is 0.168 e. The highest BCUT2D eigenvalue weighted by atomic mass is 16.4. The van der Waals surface area contributed by atoms with E-state index in [1.165, 1.54) is 6.26 Å². The molecule has 0 aliphatic rings.